The van der Waals surface area contributed by atoms with Crippen LogP contribution in [0.4, 0.5) is 29.3 Å². The van der Waals surface area contributed by atoms with Gasteiger partial charge in [0.15, 0.2) is 0 Å². The molecule has 0 spiro atoms. The normalized spacial score (nSPS) is 18.2. The molecule has 176 valence electrons. The van der Waals surface area contributed by atoms with Crippen LogP contribution >= 0.6 is 11.6 Å². The highest BCUT2D eigenvalue weighted by Gasteiger charge is 2.35. The van der Waals surface area contributed by atoms with Crippen molar-refractivity contribution in [2.75, 3.05) is 23.3 Å². The smallest absolute Gasteiger partial charge is 0.416 e. The molecule has 2 heterocycles. The minimum atomic E-state index is -4.44. The van der Waals surface area contributed by atoms with E-state index < -0.39 is 29.8 Å². The van der Waals surface area contributed by atoms with E-state index in [-0.39, 0.29) is 12.1 Å². The minimum absolute atomic E-state index is 0.0593. The third-order valence-electron chi connectivity index (χ3n) is 6.11. The van der Waals surface area contributed by atoms with Crippen LogP contribution in [0.2, 0.25) is 5.02 Å². The number of amides is 2. The van der Waals surface area contributed by atoms with Gasteiger partial charge in [-0.3, -0.25) is 9.69 Å². The summed E-state index contributed by atoms with van der Waals surface area (Å²) in [5, 5.41) is 12.5. The van der Waals surface area contributed by atoms with Crippen molar-refractivity contribution in [3.05, 3.63) is 58.1 Å². The van der Waals surface area contributed by atoms with Crippen LogP contribution < -0.4 is 10.2 Å². The Balaban J connectivity index is 1.53. The van der Waals surface area contributed by atoms with Crippen LogP contribution in [0.15, 0.2) is 36.4 Å². The first kappa shape index (κ1) is 23.2. The summed E-state index contributed by atoms with van der Waals surface area (Å²) in [6, 6.07) is 8.01. The van der Waals surface area contributed by atoms with E-state index in [0.717, 1.165) is 23.0 Å². The molecule has 0 aliphatic carbocycles. The summed E-state index contributed by atoms with van der Waals surface area (Å²) >= 11 is 6.49. The van der Waals surface area contributed by atoms with Gasteiger partial charge in [-0.15, -0.1) is 0 Å². The molecule has 4 rings (SSSR count). The van der Waals surface area contributed by atoms with E-state index in [1.807, 2.05) is 0 Å². The van der Waals surface area contributed by atoms with Gasteiger partial charge in [-0.2, -0.15) is 13.2 Å². The van der Waals surface area contributed by atoms with E-state index >= 15 is 0 Å². The third-order valence-corrected chi connectivity index (χ3v) is 6.40. The Morgan fingerprint density at radius 2 is 1.91 bits per heavy atom. The summed E-state index contributed by atoms with van der Waals surface area (Å²) in [6.45, 7) is 0.866. The number of anilines is 2. The lowest BCUT2D eigenvalue weighted by Gasteiger charge is -2.32. The van der Waals surface area contributed by atoms with Gasteiger partial charge in [0.05, 0.1) is 16.3 Å². The predicted molar refractivity (Wildman–Crippen MR) is 119 cm³/mol. The van der Waals surface area contributed by atoms with E-state index in [2.05, 4.69) is 5.32 Å². The predicted octanol–water partition coefficient (Wildman–Crippen LogP) is 5.39. The highest BCUT2D eigenvalue weighted by atomic mass is 35.5. The number of likely N-dealkylation sites (tertiary alicyclic amines) is 1. The van der Waals surface area contributed by atoms with Crippen molar-refractivity contribution >= 4 is 35.0 Å². The molecule has 2 aromatic carbocycles. The second kappa shape index (κ2) is 9.13. The highest BCUT2D eigenvalue weighted by molar-refractivity contribution is 6.34. The number of alkyl halides is 3. The molecule has 0 aromatic heterocycles. The number of carbonyl (C=O) groups excluding carboxylic acids is 1. The molecule has 1 atom stereocenters. The second-order valence-corrected chi connectivity index (χ2v) is 8.68. The van der Waals surface area contributed by atoms with Gasteiger partial charge in [-0.1, -0.05) is 29.8 Å². The monoisotopic (exact) mass is 481 g/mol. The number of hydrogen-bond donors (Lipinski definition) is 2. The molecule has 0 radical (unpaired) electrons. The Labute approximate surface area is 193 Å². The molecular formula is C23H23ClF3N3O3. The van der Waals surface area contributed by atoms with Gasteiger partial charge in [0, 0.05) is 25.3 Å². The maximum Gasteiger partial charge on any atom is 0.416 e. The number of nitrogens with one attached hydrogen (secondary N) is 1. The number of carbonyl (C=O) groups is 2. The molecule has 2 N–H and O–H groups in total. The summed E-state index contributed by atoms with van der Waals surface area (Å²) in [4.78, 5) is 27.2. The van der Waals surface area contributed by atoms with Gasteiger partial charge in [0.25, 0.3) is 0 Å². The van der Waals surface area contributed by atoms with Crippen LogP contribution in [-0.2, 0) is 23.9 Å². The minimum Gasteiger partial charge on any atom is -0.465 e. The van der Waals surface area contributed by atoms with Gasteiger partial charge in [-0.25, -0.2) is 4.79 Å². The molecule has 2 amide bonds. The van der Waals surface area contributed by atoms with E-state index in [9.17, 15) is 27.9 Å². The van der Waals surface area contributed by atoms with Crippen molar-refractivity contribution in [2.24, 2.45) is 0 Å². The maximum absolute atomic E-state index is 13.4. The molecule has 1 fully saturated rings. The lowest BCUT2D eigenvalue weighted by Crippen LogP contribution is -2.49. The quantitative estimate of drug-likeness (QED) is 0.614. The number of fused-ring (bicyclic) bond motifs is 1. The zero-order chi connectivity index (χ0) is 23.8. The third kappa shape index (κ3) is 4.88. The first-order valence-corrected chi connectivity index (χ1v) is 11.1. The van der Waals surface area contributed by atoms with Gasteiger partial charge in [0.1, 0.15) is 6.04 Å². The molecule has 2 aliphatic heterocycles. The van der Waals surface area contributed by atoms with E-state index in [0.29, 0.717) is 48.7 Å². The molecule has 1 unspecified atom stereocenters. The molecule has 0 bridgehead atoms. The van der Waals surface area contributed by atoms with Gasteiger partial charge in [0.2, 0.25) is 5.91 Å². The van der Waals surface area contributed by atoms with Gasteiger partial charge >= 0.3 is 12.3 Å². The van der Waals surface area contributed by atoms with Crippen LogP contribution in [-0.4, -0.2) is 41.1 Å². The SMILES string of the molecule is O=C(Nc1cc(Cl)c2c(c1)CCN2Cc1ccccc1C(F)(F)F)C1CCCCN1C(=O)O. The Morgan fingerprint density at radius 3 is 2.64 bits per heavy atom. The molecule has 2 aromatic rings. The Hall–Kier alpha value is -2.94. The number of carboxylic acid groups (broad SMARTS) is 1. The average molecular weight is 482 g/mol. The molecular weight excluding hydrogens is 459 g/mol. The zero-order valence-corrected chi connectivity index (χ0v) is 18.4. The molecule has 0 saturated carbocycles. The standard InChI is InChI=1S/C23H23ClF3N3O3/c24-18-12-16(28-21(31)19-7-3-4-9-30(19)22(32)33)11-14-8-10-29(20(14)18)13-15-5-1-2-6-17(15)23(25,26)27/h1-2,5-6,11-12,19H,3-4,7-10,13H2,(H,28,31)(H,32,33). The largest absolute Gasteiger partial charge is 0.465 e. The first-order valence-electron chi connectivity index (χ1n) is 10.7. The Bertz CT molecular complexity index is 1080. The number of nitrogens with zero attached hydrogens (tertiary/aromatic N) is 2. The van der Waals surface area contributed by atoms with Crippen LogP contribution in [0.3, 0.4) is 0 Å². The molecule has 6 nitrogen and oxygen atoms in total. The van der Waals surface area contributed by atoms with Crippen molar-refractivity contribution < 1.29 is 27.9 Å². The fourth-order valence-corrected chi connectivity index (χ4v) is 4.96. The fourth-order valence-electron chi connectivity index (χ4n) is 4.60. The molecule has 10 heteroatoms. The number of piperidine rings is 1. The summed E-state index contributed by atoms with van der Waals surface area (Å²) in [6.07, 6.45) is -3.08. The van der Waals surface area contributed by atoms with Gasteiger partial charge in [-0.05, 0) is 55.0 Å². The topological polar surface area (TPSA) is 72.9 Å². The van der Waals surface area contributed by atoms with Crippen LogP contribution in [0.25, 0.3) is 0 Å². The summed E-state index contributed by atoms with van der Waals surface area (Å²) < 4.78 is 40.1. The molecule has 33 heavy (non-hydrogen) atoms. The lowest BCUT2D eigenvalue weighted by atomic mass is 10.0. The molecule has 1 saturated heterocycles. The average Bonchev–Trinajstić information content (AvgIpc) is 3.16. The van der Waals surface area contributed by atoms with Crippen molar-refractivity contribution in [1.82, 2.24) is 4.90 Å². The first-order chi connectivity index (χ1) is 15.6. The van der Waals surface area contributed by atoms with Crippen LogP contribution in [0.1, 0.15) is 36.0 Å². The van der Waals surface area contributed by atoms with Crippen LogP contribution in [0, 0.1) is 0 Å². The van der Waals surface area contributed by atoms with Crippen molar-refractivity contribution in [3.63, 3.8) is 0 Å². The zero-order valence-electron chi connectivity index (χ0n) is 17.7. The number of rotatable bonds is 4. The van der Waals surface area contributed by atoms with E-state index in [1.165, 1.54) is 12.1 Å². The van der Waals surface area contributed by atoms with Crippen LogP contribution in [0.5, 0.6) is 0 Å². The van der Waals surface area contributed by atoms with Crippen molar-refractivity contribution in [1.29, 1.82) is 0 Å². The number of hydrogen-bond acceptors (Lipinski definition) is 3. The van der Waals surface area contributed by atoms with Crippen molar-refractivity contribution in [2.45, 2.75) is 44.4 Å². The number of halogens is 4. The van der Waals surface area contributed by atoms with Crippen molar-refractivity contribution in [3.8, 4) is 0 Å². The number of benzene rings is 2. The van der Waals surface area contributed by atoms with E-state index in [1.54, 1.807) is 23.1 Å². The highest BCUT2D eigenvalue weighted by Crippen LogP contribution is 2.40. The Morgan fingerprint density at radius 1 is 1.15 bits per heavy atom. The fraction of sp³-hybridized carbons (Fsp3) is 0.391. The van der Waals surface area contributed by atoms with E-state index in [4.69, 9.17) is 11.6 Å². The summed E-state index contributed by atoms with van der Waals surface area (Å²) in [7, 11) is 0. The maximum atomic E-state index is 13.4. The summed E-state index contributed by atoms with van der Waals surface area (Å²) in [5.74, 6) is -0.415. The molecule has 2 aliphatic rings. The van der Waals surface area contributed by atoms with Gasteiger partial charge < -0.3 is 15.3 Å². The Kier molecular flexibility index (Phi) is 6.43. The lowest BCUT2D eigenvalue weighted by molar-refractivity contribution is -0.138. The second-order valence-electron chi connectivity index (χ2n) is 8.27. The summed E-state index contributed by atoms with van der Waals surface area (Å²) in [5.41, 5.74) is 1.40.